The summed E-state index contributed by atoms with van der Waals surface area (Å²) < 4.78 is 2.40. The number of aryl methyl sites for hydroxylation is 1. The topological polar surface area (TPSA) is 31.6 Å². The first-order valence-electron chi connectivity index (χ1n) is 9.35. The minimum absolute atomic E-state index is 0.262. The van der Waals surface area contributed by atoms with E-state index in [0.717, 1.165) is 45.8 Å². The molecule has 3 aromatic rings. The summed E-state index contributed by atoms with van der Waals surface area (Å²) in [6.45, 7) is 9.55. The maximum Gasteiger partial charge on any atom is 0.0558 e. The lowest BCUT2D eigenvalue weighted by atomic mass is 10.1. The number of β-amino-alcohol motifs (C(OH)–C–C–N with tert-alkyl or cyclic N) is 1. The van der Waals surface area contributed by atoms with Crippen LogP contribution in [0.1, 0.15) is 12.5 Å². The van der Waals surface area contributed by atoms with Crippen LogP contribution in [0.25, 0.3) is 21.8 Å². The third kappa shape index (κ3) is 3.17. The molecule has 0 radical (unpaired) electrons. The Labute approximate surface area is 149 Å². The molecule has 4 rings (SSSR count). The van der Waals surface area contributed by atoms with Gasteiger partial charge in [0, 0.05) is 67.6 Å². The fourth-order valence-corrected chi connectivity index (χ4v) is 4.11. The first-order chi connectivity index (χ1) is 12.3. The highest BCUT2D eigenvalue weighted by atomic mass is 16.3. The minimum Gasteiger partial charge on any atom is -0.395 e. The van der Waals surface area contributed by atoms with Crippen LogP contribution in [0.2, 0.25) is 0 Å². The monoisotopic (exact) mass is 337 g/mol. The van der Waals surface area contributed by atoms with Gasteiger partial charge in [-0.1, -0.05) is 24.3 Å². The van der Waals surface area contributed by atoms with Crippen LogP contribution in [0.15, 0.2) is 42.5 Å². The normalized spacial score (nSPS) is 16.9. The van der Waals surface area contributed by atoms with Crippen molar-refractivity contribution in [1.82, 2.24) is 14.4 Å². The Balaban J connectivity index is 1.59. The van der Waals surface area contributed by atoms with Gasteiger partial charge in [0.05, 0.1) is 6.61 Å². The van der Waals surface area contributed by atoms with E-state index < -0.39 is 0 Å². The summed E-state index contributed by atoms with van der Waals surface area (Å²) in [7, 11) is 0. The molecule has 0 amide bonds. The fraction of sp³-hybridized carbons (Fsp3) is 0.429. The molecule has 1 N–H and O–H groups in total. The number of aliphatic hydroxyl groups excluding tert-OH is 1. The quantitative estimate of drug-likeness (QED) is 0.777. The standard InChI is InChI=1S/C21H27N3O/c1-2-24-20-6-4-3-5-18(20)19-15-17(7-8-21(19)24)16-23-11-9-22(10-12-23)13-14-25/h3-8,15,25H,2,9-14,16H2,1H3. The van der Waals surface area contributed by atoms with Gasteiger partial charge in [0.2, 0.25) is 0 Å². The molecule has 2 heterocycles. The Morgan fingerprint density at radius 2 is 1.60 bits per heavy atom. The van der Waals surface area contributed by atoms with Crippen LogP contribution < -0.4 is 0 Å². The fourth-order valence-electron chi connectivity index (χ4n) is 4.11. The summed E-state index contributed by atoms with van der Waals surface area (Å²) in [6.07, 6.45) is 0. The van der Waals surface area contributed by atoms with Crippen LogP contribution in [0.5, 0.6) is 0 Å². The number of aromatic nitrogens is 1. The van der Waals surface area contributed by atoms with E-state index >= 15 is 0 Å². The largest absolute Gasteiger partial charge is 0.395 e. The van der Waals surface area contributed by atoms with Gasteiger partial charge in [-0.15, -0.1) is 0 Å². The second-order valence-corrected chi connectivity index (χ2v) is 6.95. The minimum atomic E-state index is 0.262. The lowest BCUT2D eigenvalue weighted by Crippen LogP contribution is -2.46. The second-order valence-electron chi connectivity index (χ2n) is 6.95. The Morgan fingerprint density at radius 3 is 2.36 bits per heavy atom. The van der Waals surface area contributed by atoms with Gasteiger partial charge in [0.25, 0.3) is 0 Å². The molecule has 1 aromatic heterocycles. The third-order valence-corrected chi connectivity index (χ3v) is 5.44. The summed E-state index contributed by atoms with van der Waals surface area (Å²) in [5.41, 5.74) is 4.05. The number of hydrogen-bond acceptors (Lipinski definition) is 3. The van der Waals surface area contributed by atoms with E-state index in [2.05, 4.69) is 63.8 Å². The second kappa shape index (κ2) is 7.16. The molecule has 0 aliphatic carbocycles. The summed E-state index contributed by atoms with van der Waals surface area (Å²) >= 11 is 0. The molecular formula is C21H27N3O. The average Bonchev–Trinajstić information content (AvgIpc) is 2.97. The van der Waals surface area contributed by atoms with Gasteiger partial charge in [-0.25, -0.2) is 0 Å². The zero-order valence-electron chi connectivity index (χ0n) is 15.0. The van der Waals surface area contributed by atoms with Crippen molar-refractivity contribution in [2.75, 3.05) is 39.3 Å². The summed E-state index contributed by atoms with van der Waals surface area (Å²) in [4.78, 5) is 4.86. The smallest absolute Gasteiger partial charge is 0.0558 e. The number of nitrogens with zero attached hydrogens (tertiary/aromatic N) is 3. The number of rotatable bonds is 5. The maximum absolute atomic E-state index is 9.07. The van der Waals surface area contributed by atoms with Gasteiger partial charge in [0.15, 0.2) is 0 Å². The van der Waals surface area contributed by atoms with Crippen molar-refractivity contribution in [1.29, 1.82) is 0 Å². The van der Waals surface area contributed by atoms with E-state index in [0.29, 0.717) is 0 Å². The predicted molar refractivity (Wildman–Crippen MR) is 104 cm³/mol. The first-order valence-corrected chi connectivity index (χ1v) is 9.35. The summed E-state index contributed by atoms with van der Waals surface area (Å²) in [6, 6.07) is 15.7. The van der Waals surface area contributed by atoms with Gasteiger partial charge in [-0.05, 0) is 30.7 Å². The van der Waals surface area contributed by atoms with Crippen molar-refractivity contribution in [3.63, 3.8) is 0 Å². The van der Waals surface area contributed by atoms with E-state index in [-0.39, 0.29) is 6.61 Å². The molecule has 4 nitrogen and oxygen atoms in total. The lowest BCUT2D eigenvalue weighted by molar-refractivity contribution is 0.108. The Bertz CT molecular complexity index is 862. The lowest BCUT2D eigenvalue weighted by Gasteiger charge is -2.34. The third-order valence-electron chi connectivity index (χ3n) is 5.44. The molecule has 0 unspecified atom stereocenters. The Hall–Kier alpha value is -1.88. The highest BCUT2D eigenvalue weighted by molar-refractivity contribution is 6.08. The molecule has 0 atom stereocenters. The molecule has 0 spiro atoms. The number of para-hydroxylation sites is 1. The molecule has 0 bridgehead atoms. The van der Waals surface area contributed by atoms with Crippen LogP contribution >= 0.6 is 0 Å². The van der Waals surface area contributed by atoms with Crippen LogP contribution in [-0.2, 0) is 13.1 Å². The predicted octanol–water partition coefficient (Wildman–Crippen LogP) is 2.92. The molecule has 4 heteroatoms. The van der Waals surface area contributed by atoms with E-state index in [1.807, 2.05) is 0 Å². The van der Waals surface area contributed by atoms with Gasteiger partial charge in [-0.3, -0.25) is 9.80 Å². The molecular weight excluding hydrogens is 310 g/mol. The molecule has 1 fully saturated rings. The van der Waals surface area contributed by atoms with Crippen LogP contribution in [0.4, 0.5) is 0 Å². The Morgan fingerprint density at radius 1 is 0.880 bits per heavy atom. The van der Waals surface area contributed by atoms with Crippen molar-refractivity contribution in [2.45, 2.75) is 20.0 Å². The van der Waals surface area contributed by atoms with Gasteiger partial charge in [0.1, 0.15) is 0 Å². The highest BCUT2D eigenvalue weighted by Gasteiger charge is 2.17. The van der Waals surface area contributed by atoms with E-state index in [1.165, 1.54) is 27.4 Å². The first kappa shape index (κ1) is 16.6. The average molecular weight is 337 g/mol. The van der Waals surface area contributed by atoms with Crippen molar-refractivity contribution in [3.05, 3.63) is 48.0 Å². The van der Waals surface area contributed by atoms with Gasteiger partial charge in [-0.2, -0.15) is 0 Å². The van der Waals surface area contributed by atoms with E-state index in [9.17, 15) is 0 Å². The Kier molecular flexibility index (Phi) is 4.75. The van der Waals surface area contributed by atoms with Crippen molar-refractivity contribution in [3.8, 4) is 0 Å². The molecule has 132 valence electrons. The zero-order chi connectivity index (χ0) is 17.2. The van der Waals surface area contributed by atoms with Crippen molar-refractivity contribution < 1.29 is 5.11 Å². The maximum atomic E-state index is 9.07. The molecule has 1 aliphatic rings. The number of hydrogen-bond donors (Lipinski definition) is 1. The molecule has 25 heavy (non-hydrogen) atoms. The molecule has 0 saturated carbocycles. The number of fused-ring (bicyclic) bond motifs is 3. The van der Waals surface area contributed by atoms with E-state index in [4.69, 9.17) is 5.11 Å². The van der Waals surface area contributed by atoms with Crippen LogP contribution in [-0.4, -0.2) is 58.8 Å². The molecule has 2 aromatic carbocycles. The number of benzene rings is 2. The van der Waals surface area contributed by atoms with Gasteiger partial charge < -0.3 is 9.67 Å². The van der Waals surface area contributed by atoms with Gasteiger partial charge >= 0.3 is 0 Å². The number of aliphatic hydroxyl groups is 1. The highest BCUT2D eigenvalue weighted by Crippen LogP contribution is 2.30. The van der Waals surface area contributed by atoms with Crippen molar-refractivity contribution in [2.24, 2.45) is 0 Å². The van der Waals surface area contributed by atoms with Crippen LogP contribution in [0, 0.1) is 0 Å². The number of piperazine rings is 1. The van der Waals surface area contributed by atoms with Crippen molar-refractivity contribution >= 4 is 21.8 Å². The zero-order valence-corrected chi connectivity index (χ0v) is 15.0. The summed E-state index contributed by atoms with van der Waals surface area (Å²) in [5, 5.41) is 11.8. The molecule has 1 saturated heterocycles. The molecule has 1 aliphatic heterocycles. The summed E-state index contributed by atoms with van der Waals surface area (Å²) in [5.74, 6) is 0. The van der Waals surface area contributed by atoms with E-state index in [1.54, 1.807) is 0 Å². The van der Waals surface area contributed by atoms with Crippen LogP contribution in [0.3, 0.4) is 0 Å². The SMILES string of the molecule is CCn1c2ccccc2c2cc(CN3CCN(CCO)CC3)ccc21.